The Morgan fingerprint density at radius 2 is 1.85 bits per heavy atom. The first-order valence-electron chi connectivity index (χ1n) is 7.56. The second-order valence-electron chi connectivity index (χ2n) is 6.01. The minimum absolute atomic E-state index is 0.269. The molecule has 2 fully saturated rings. The first-order valence-corrected chi connectivity index (χ1v) is 7.56. The van der Waals surface area contributed by atoms with Crippen LogP contribution in [0.4, 0.5) is 0 Å². The van der Waals surface area contributed by atoms with Gasteiger partial charge in [0.15, 0.2) is 5.79 Å². The molecule has 1 spiro atoms. The smallest absolute Gasteiger partial charge is 0.168 e. The van der Waals surface area contributed by atoms with Crippen molar-refractivity contribution in [1.29, 1.82) is 0 Å². The number of aromatic nitrogens is 1. The van der Waals surface area contributed by atoms with Gasteiger partial charge in [-0.25, -0.2) is 0 Å². The van der Waals surface area contributed by atoms with Gasteiger partial charge in [0.25, 0.3) is 0 Å². The lowest BCUT2D eigenvalue weighted by atomic mass is 9.89. The standard InChI is InChI=1S/C15H24N2O3/c1-10(14-11(2)17-20-12(14)3)16-13-4-6-15(7-5-13)18-8-9-19-15/h10,13,16H,4-9H2,1-3H3. The molecule has 1 saturated carbocycles. The Morgan fingerprint density at radius 3 is 2.40 bits per heavy atom. The zero-order valence-electron chi connectivity index (χ0n) is 12.6. The number of nitrogens with zero attached hydrogens (tertiary/aromatic N) is 1. The average Bonchev–Trinajstić information content (AvgIpc) is 3.01. The SMILES string of the molecule is Cc1noc(C)c1C(C)NC1CCC2(CC1)OCCO2. The Labute approximate surface area is 120 Å². The number of nitrogens with one attached hydrogen (secondary N) is 1. The van der Waals surface area contributed by atoms with E-state index in [-0.39, 0.29) is 11.8 Å². The maximum Gasteiger partial charge on any atom is 0.168 e. The minimum Gasteiger partial charge on any atom is -0.361 e. The highest BCUT2D eigenvalue weighted by atomic mass is 16.7. The van der Waals surface area contributed by atoms with Gasteiger partial charge in [-0.2, -0.15) is 0 Å². The van der Waals surface area contributed by atoms with Crippen LogP contribution in [0.2, 0.25) is 0 Å². The zero-order valence-corrected chi connectivity index (χ0v) is 12.6. The van der Waals surface area contributed by atoms with E-state index in [0.29, 0.717) is 6.04 Å². The number of rotatable bonds is 3. The van der Waals surface area contributed by atoms with E-state index >= 15 is 0 Å². The van der Waals surface area contributed by atoms with Gasteiger partial charge < -0.3 is 19.3 Å². The van der Waals surface area contributed by atoms with Gasteiger partial charge in [0.05, 0.1) is 18.9 Å². The van der Waals surface area contributed by atoms with Crippen molar-refractivity contribution in [3.63, 3.8) is 0 Å². The molecule has 1 N–H and O–H groups in total. The third-order valence-electron chi connectivity index (χ3n) is 4.57. The van der Waals surface area contributed by atoms with E-state index in [9.17, 15) is 0 Å². The molecule has 5 nitrogen and oxygen atoms in total. The van der Waals surface area contributed by atoms with Crippen molar-refractivity contribution in [2.45, 2.75) is 64.3 Å². The molecule has 0 aromatic carbocycles. The fourth-order valence-electron chi connectivity index (χ4n) is 3.56. The maximum absolute atomic E-state index is 5.77. The topological polar surface area (TPSA) is 56.5 Å². The van der Waals surface area contributed by atoms with E-state index in [2.05, 4.69) is 17.4 Å². The Morgan fingerprint density at radius 1 is 1.20 bits per heavy atom. The molecule has 2 aliphatic rings. The summed E-state index contributed by atoms with van der Waals surface area (Å²) in [5, 5.41) is 7.73. The molecule has 1 aliphatic heterocycles. The molecule has 112 valence electrons. The van der Waals surface area contributed by atoms with E-state index in [4.69, 9.17) is 14.0 Å². The van der Waals surface area contributed by atoms with Crippen molar-refractivity contribution >= 4 is 0 Å². The van der Waals surface area contributed by atoms with Crippen molar-refractivity contribution in [1.82, 2.24) is 10.5 Å². The molecule has 1 saturated heterocycles. The molecule has 0 bridgehead atoms. The minimum atomic E-state index is -0.273. The summed E-state index contributed by atoms with van der Waals surface area (Å²) in [7, 11) is 0. The van der Waals surface area contributed by atoms with Gasteiger partial charge in [-0.15, -0.1) is 0 Å². The highest BCUT2D eigenvalue weighted by molar-refractivity contribution is 5.24. The highest BCUT2D eigenvalue weighted by Crippen LogP contribution is 2.36. The van der Waals surface area contributed by atoms with Gasteiger partial charge in [-0.05, 0) is 33.6 Å². The predicted octanol–water partition coefficient (Wildman–Crippen LogP) is 2.63. The van der Waals surface area contributed by atoms with Crippen LogP contribution in [0.15, 0.2) is 4.52 Å². The summed E-state index contributed by atoms with van der Waals surface area (Å²) in [6.07, 6.45) is 4.15. The molecular weight excluding hydrogens is 256 g/mol. The lowest BCUT2D eigenvalue weighted by Crippen LogP contribution is -2.42. The molecule has 2 heterocycles. The number of ether oxygens (including phenoxy) is 2. The van der Waals surface area contributed by atoms with Crippen molar-refractivity contribution in [2.24, 2.45) is 0 Å². The number of hydrogen-bond donors (Lipinski definition) is 1. The zero-order chi connectivity index (χ0) is 14.2. The summed E-state index contributed by atoms with van der Waals surface area (Å²) in [4.78, 5) is 0. The largest absolute Gasteiger partial charge is 0.361 e. The third kappa shape index (κ3) is 2.62. The van der Waals surface area contributed by atoms with E-state index < -0.39 is 0 Å². The second-order valence-corrected chi connectivity index (χ2v) is 6.01. The van der Waals surface area contributed by atoms with Gasteiger partial charge in [-0.1, -0.05) is 5.16 Å². The fraction of sp³-hybridized carbons (Fsp3) is 0.800. The lowest BCUT2D eigenvalue weighted by Gasteiger charge is -2.36. The first-order chi connectivity index (χ1) is 9.60. The van der Waals surface area contributed by atoms with Gasteiger partial charge in [0.2, 0.25) is 0 Å². The van der Waals surface area contributed by atoms with Gasteiger partial charge in [0, 0.05) is 30.5 Å². The summed E-state index contributed by atoms with van der Waals surface area (Å²) < 4.78 is 16.8. The third-order valence-corrected chi connectivity index (χ3v) is 4.57. The van der Waals surface area contributed by atoms with Gasteiger partial charge in [-0.3, -0.25) is 0 Å². The highest BCUT2D eigenvalue weighted by Gasteiger charge is 2.40. The van der Waals surface area contributed by atoms with Crippen molar-refractivity contribution in [3.05, 3.63) is 17.0 Å². The average molecular weight is 280 g/mol. The molecule has 0 amide bonds. The summed E-state index contributed by atoms with van der Waals surface area (Å²) in [5.74, 6) is 0.641. The summed E-state index contributed by atoms with van der Waals surface area (Å²) >= 11 is 0. The summed E-state index contributed by atoms with van der Waals surface area (Å²) in [6.45, 7) is 7.64. The van der Waals surface area contributed by atoms with E-state index in [1.54, 1.807) is 0 Å². The molecular formula is C15H24N2O3. The first kappa shape index (κ1) is 14.0. The van der Waals surface area contributed by atoms with Crippen LogP contribution in [0.3, 0.4) is 0 Å². The van der Waals surface area contributed by atoms with Crippen LogP contribution in [0.25, 0.3) is 0 Å². The summed E-state index contributed by atoms with van der Waals surface area (Å²) in [5.41, 5.74) is 2.18. The molecule has 1 unspecified atom stereocenters. The quantitative estimate of drug-likeness (QED) is 0.922. The molecule has 1 aromatic rings. The maximum atomic E-state index is 5.77. The van der Waals surface area contributed by atoms with Crippen LogP contribution in [0.5, 0.6) is 0 Å². The second kappa shape index (κ2) is 5.47. The Balaban J connectivity index is 1.57. The van der Waals surface area contributed by atoms with E-state index in [1.807, 2.05) is 13.8 Å². The number of hydrogen-bond acceptors (Lipinski definition) is 5. The molecule has 1 atom stereocenters. The van der Waals surface area contributed by atoms with Crippen molar-refractivity contribution in [3.8, 4) is 0 Å². The van der Waals surface area contributed by atoms with Crippen LogP contribution in [-0.4, -0.2) is 30.2 Å². The lowest BCUT2D eigenvalue weighted by molar-refractivity contribution is -0.179. The molecule has 1 aromatic heterocycles. The van der Waals surface area contributed by atoms with Crippen molar-refractivity contribution in [2.75, 3.05) is 13.2 Å². The van der Waals surface area contributed by atoms with Crippen LogP contribution in [0.1, 0.15) is 55.7 Å². The molecule has 0 radical (unpaired) electrons. The van der Waals surface area contributed by atoms with Gasteiger partial charge in [0.1, 0.15) is 5.76 Å². The Kier molecular flexibility index (Phi) is 3.84. The van der Waals surface area contributed by atoms with Gasteiger partial charge >= 0.3 is 0 Å². The van der Waals surface area contributed by atoms with Crippen LogP contribution < -0.4 is 5.32 Å². The van der Waals surface area contributed by atoms with E-state index in [1.165, 1.54) is 5.56 Å². The van der Waals surface area contributed by atoms with Crippen LogP contribution in [0, 0.1) is 13.8 Å². The molecule has 5 heteroatoms. The number of aryl methyl sites for hydroxylation is 2. The molecule has 1 aliphatic carbocycles. The normalized spacial score (nSPS) is 24.4. The summed E-state index contributed by atoms with van der Waals surface area (Å²) in [6, 6.07) is 0.780. The fourth-order valence-corrected chi connectivity index (χ4v) is 3.56. The van der Waals surface area contributed by atoms with Crippen LogP contribution in [-0.2, 0) is 9.47 Å². The molecule has 20 heavy (non-hydrogen) atoms. The molecule has 3 rings (SSSR count). The van der Waals surface area contributed by atoms with Crippen LogP contribution >= 0.6 is 0 Å². The predicted molar refractivity (Wildman–Crippen MR) is 74.4 cm³/mol. The Bertz CT molecular complexity index is 436. The van der Waals surface area contributed by atoms with Crippen molar-refractivity contribution < 1.29 is 14.0 Å². The Hall–Kier alpha value is -0.910. The van der Waals surface area contributed by atoms with E-state index in [0.717, 1.165) is 50.4 Å². The monoisotopic (exact) mass is 280 g/mol.